The van der Waals surface area contributed by atoms with E-state index in [2.05, 4.69) is 22.4 Å². The van der Waals surface area contributed by atoms with E-state index in [1.54, 1.807) is 13.0 Å². The molecule has 4 rings (SSSR count). The van der Waals surface area contributed by atoms with Crippen LogP contribution < -0.4 is 15.8 Å². The van der Waals surface area contributed by atoms with Crippen LogP contribution in [0.5, 0.6) is 5.75 Å². The van der Waals surface area contributed by atoms with E-state index in [9.17, 15) is 4.79 Å². The van der Waals surface area contributed by atoms with Crippen LogP contribution in [-0.4, -0.2) is 29.5 Å². The summed E-state index contributed by atoms with van der Waals surface area (Å²) in [7, 11) is 0. The fourth-order valence-corrected chi connectivity index (χ4v) is 3.18. The lowest BCUT2D eigenvalue weighted by molar-refractivity contribution is 0.168. The molecular weight excluding hydrogens is 320 g/mol. The highest BCUT2D eigenvalue weighted by Crippen LogP contribution is 2.41. The van der Waals surface area contributed by atoms with Gasteiger partial charge in [0.1, 0.15) is 17.6 Å². The van der Waals surface area contributed by atoms with Crippen molar-refractivity contribution >= 4 is 29.1 Å². The molecule has 2 aliphatic rings. The van der Waals surface area contributed by atoms with Crippen molar-refractivity contribution in [1.82, 2.24) is 4.98 Å². The lowest BCUT2D eigenvalue weighted by Gasteiger charge is -2.31. The Morgan fingerprint density at radius 1 is 1.44 bits per heavy atom. The molecular formula is C18H18N4O3. The average Bonchev–Trinajstić information content (AvgIpc) is 2.60. The van der Waals surface area contributed by atoms with Gasteiger partial charge in [-0.3, -0.25) is 5.32 Å². The molecule has 0 saturated carbocycles. The predicted molar refractivity (Wildman–Crippen MR) is 94.7 cm³/mol. The number of carbonyl (C=O) groups excluding carboxylic acids is 1. The molecule has 3 N–H and O–H groups in total. The van der Waals surface area contributed by atoms with Gasteiger partial charge in [0.15, 0.2) is 11.6 Å². The zero-order valence-electron chi connectivity index (χ0n) is 13.8. The molecule has 2 heterocycles. The number of rotatable bonds is 2. The Balaban J connectivity index is 1.72. The number of anilines is 2. The second-order valence-corrected chi connectivity index (χ2v) is 5.88. The SMILES string of the molecule is CCOC(=O)Nc1cc2c(c(N)n1)N=C1c3ccccc3CCC1O2. The first kappa shape index (κ1) is 15.4. The minimum absolute atomic E-state index is 0.125. The third-order valence-corrected chi connectivity index (χ3v) is 4.27. The number of aromatic nitrogens is 1. The lowest BCUT2D eigenvalue weighted by Crippen LogP contribution is -2.35. The van der Waals surface area contributed by atoms with Crippen LogP contribution in [0.4, 0.5) is 22.1 Å². The lowest BCUT2D eigenvalue weighted by atomic mass is 9.87. The number of hydrogen-bond acceptors (Lipinski definition) is 6. The van der Waals surface area contributed by atoms with E-state index < -0.39 is 6.09 Å². The molecule has 2 aromatic rings. The van der Waals surface area contributed by atoms with Crippen LogP contribution in [0.3, 0.4) is 0 Å². The van der Waals surface area contributed by atoms with Gasteiger partial charge in [0.2, 0.25) is 0 Å². The van der Waals surface area contributed by atoms with Gasteiger partial charge in [-0.1, -0.05) is 24.3 Å². The Morgan fingerprint density at radius 3 is 3.12 bits per heavy atom. The number of benzene rings is 1. The van der Waals surface area contributed by atoms with E-state index >= 15 is 0 Å². The van der Waals surface area contributed by atoms with E-state index in [-0.39, 0.29) is 24.3 Å². The van der Waals surface area contributed by atoms with Crippen LogP contribution in [0, 0.1) is 0 Å². The van der Waals surface area contributed by atoms with E-state index in [4.69, 9.17) is 20.2 Å². The molecule has 1 aromatic carbocycles. The van der Waals surface area contributed by atoms with Crippen molar-refractivity contribution in [3.63, 3.8) is 0 Å². The van der Waals surface area contributed by atoms with Gasteiger partial charge in [-0.15, -0.1) is 0 Å². The summed E-state index contributed by atoms with van der Waals surface area (Å²) in [4.78, 5) is 20.5. The number of nitrogens with two attached hydrogens (primary N) is 1. The number of nitrogens with zero attached hydrogens (tertiary/aromatic N) is 2. The number of aryl methyl sites for hydroxylation is 1. The summed E-state index contributed by atoms with van der Waals surface area (Å²) in [6.45, 7) is 2.01. The molecule has 7 heteroatoms. The first-order valence-electron chi connectivity index (χ1n) is 8.23. The Hall–Kier alpha value is -3.09. The number of nitrogens with one attached hydrogen (secondary N) is 1. The molecule has 1 aliphatic heterocycles. The van der Waals surface area contributed by atoms with E-state index in [1.165, 1.54) is 5.56 Å². The normalized spacial score (nSPS) is 17.3. The van der Waals surface area contributed by atoms with Crippen LogP contribution in [0.25, 0.3) is 0 Å². The van der Waals surface area contributed by atoms with Gasteiger partial charge in [0.25, 0.3) is 0 Å². The number of aliphatic imine (C=N–C) groups is 1. The second-order valence-electron chi connectivity index (χ2n) is 5.88. The number of ether oxygens (including phenoxy) is 2. The Kier molecular flexibility index (Phi) is 3.76. The molecule has 1 amide bonds. The fraction of sp³-hybridized carbons (Fsp3) is 0.278. The predicted octanol–water partition coefficient (Wildman–Crippen LogP) is 3.06. The summed E-state index contributed by atoms with van der Waals surface area (Å²) in [5.41, 5.74) is 9.78. The molecule has 1 aromatic heterocycles. The molecule has 0 fully saturated rings. The van der Waals surface area contributed by atoms with Crippen molar-refractivity contribution < 1.29 is 14.3 Å². The van der Waals surface area contributed by atoms with Gasteiger partial charge in [-0.25, -0.2) is 14.8 Å². The van der Waals surface area contributed by atoms with Crippen molar-refractivity contribution in [3.05, 3.63) is 41.5 Å². The van der Waals surface area contributed by atoms with Gasteiger partial charge in [-0.05, 0) is 25.3 Å². The maximum Gasteiger partial charge on any atom is 0.412 e. The summed E-state index contributed by atoms with van der Waals surface area (Å²) < 4.78 is 11.0. The van der Waals surface area contributed by atoms with Crippen molar-refractivity contribution in [2.75, 3.05) is 17.7 Å². The molecule has 0 radical (unpaired) electrons. The smallest absolute Gasteiger partial charge is 0.412 e. The van der Waals surface area contributed by atoms with E-state index in [0.29, 0.717) is 11.4 Å². The number of carbonyl (C=O) groups is 1. The number of hydrogen-bond donors (Lipinski definition) is 2. The van der Waals surface area contributed by atoms with E-state index in [0.717, 1.165) is 24.1 Å². The van der Waals surface area contributed by atoms with Crippen LogP contribution in [0.2, 0.25) is 0 Å². The minimum Gasteiger partial charge on any atom is -0.482 e. The largest absolute Gasteiger partial charge is 0.482 e. The molecule has 1 atom stereocenters. The molecule has 128 valence electrons. The van der Waals surface area contributed by atoms with Gasteiger partial charge >= 0.3 is 6.09 Å². The van der Waals surface area contributed by atoms with Crippen LogP contribution >= 0.6 is 0 Å². The summed E-state index contributed by atoms with van der Waals surface area (Å²) in [6, 6.07) is 9.81. The average molecular weight is 338 g/mol. The highest BCUT2D eigenvalue weighted by atomic mass is 16.5. The highest BCUT2D eigenvalue weighted by molar-refractivity contribution is 6.09. The van der Waals surface area contributed by atoms with Gasteiger partial charge in [0, 0.05) is 11.6 Å². The van der Waals surface area contributed by atoms with Crippen LogP contribution in [0.1, 0.15) is 24.5 Å². The zero-order valence-corrected chi connectivity index (χ0v) is 13.8. The summed E-state index contributed by atoms with van der Waals surface area (Å²) in [6.07, 6.45) is 1.07. The van der Waals surface area contributed by atoms with Gasteiger partial charge in [0.05, 0.1) is 12.3 Å². The molecule has 1 aliphatic carbocycles. The molecule has 1 unspecified atom stereocenters. The van der Waals surface area contributed by atoms with Gasteiger partial charge < -0.3 is 15.2 Å². The fourth-order valence-electron chi connectivity index (χ4n) is 3.18. The molecule has 7 nitrogen and oxygen atoms in total. The van der Waals surface area contributed by atoms with Crippen LogP contribution in [0.15, 0.2) is 35.3 Å². The third-order valence-electron chi connectivity index (χ3n) is 4.27. The zero-order chi connectivity index (χ0) is 17.4. The molecule has 0 saturated heterocycles. The van der Waals surface area contributed by atoms with Gasteiger partial charge in [-0.2, -0.15) is 0 Å². The molecule has 0 bridgehead atoms. The number of fused-ring (bicyclic) bond motifs is 4. The van der Waals surface area contributed by atoms with E-state index in [1.807, 2.05) is 12.1 Å². The quantitative estimate of drug-likeness (QED) is 0.877. The maximum atomic E-state index is 11.6. The Labute approximate surface area is 144 Å². The van der Waals surface area contributed by atoms with Crippen LogP contribution in [-0.2, 0) is 11.2 Å². The maximum absolute atomic E-state index is 11.6. The molecule has 0 spiro atoms. The van der Waals surface area contributed by atoms with Crippen molar-refractivity contribution in [2.45, 2.75) is 25.9 Å². The van der Waals surface area contributed by atoms with Crippen molar-refractivity contribution in [3.8, 4) is 5.75 Å². The highest BCUT2D eigenvalue weighted by Gasteiger charge is 2.32. The second kappa shape index (κ2) is 6.08. The Bertz CT molecular complexity index is 879. The standard InChI is InChI=1S/C18H18N4O3/c1-2-24-18(23)21-14-9-13-16(17(19)20-14)22-15-11-6-4-3-5-10(11)7-8-12(15)25-13/h3-6,9,12H,2,7-8H2,1H3,(H3,19,20,21,23). The van der Waals surface area contributed by atoms with Crippen molar-refractivity contribution in [2.24, 2.45) is 4.99 Å². The Morgan fingerprint density at radius 2 is 2.28 bits per heavy atom. The number of nitrogen functional groups attached to an aromatic ring is 1. The number of amides is 1. The third kappa shape index (κ3) is 2.77. The minimum atomic E-state index is -0.582. The first-order chi connectivity index (χ1) is 12.2. The summed E-state index contributed by atoms with van der Waals surface area (Å²) in [5.74, 6) is 1.01. The van der Waals surface area contributed by atoms with Crippen molar-refractivity contribution in [1.29, 1.82) is 0 Å². The first-order valence-corrected chi connectivity index (χ1v) is 8.23. The molecule has 25 heavy (non-hydrogen) atoms. The monoisotopic (exact) mass is 338 g/mol. The summed E-state index contributed by atoms with van der Waals surface area (Å²) in [5, 5.41) is 2.54. The topological polar surface area (TPSA) is 98.8 Å². The number of pyridine rings is 1. The summed E-state index contributed by atoms with van der Waals surface area (Å²) >= 11 is 0.